The van der Waals surface area contributed by atoms with Crippen LogP contribution in [0.25, 0.3) is 210 Å². The van der Waals surface area contributed by atoms with Crippen molar-refractivity contribution in [1.82, 2.24) is 9.13 Å². The molecule has 0 unspecified atom stereocenters. The summed E-state index contributed by atoms with van der Waals surface area (Å²) in [5, 5.41) is 23.4. The third kappa shape index (κ3) is 11.4. The first-order valence-electron chi connectivity index (χ1n) is 45.8. The van der Waals surface area contributed by atoms with Crippen LogP contribution < -0.4 is 26.2 Å². The topological polar surface area (TPSA) is 92.7 Å². The normalized spacial score (nSPS) is 12.8. The van der Waals surface area contributed by atoms with Crippen LogP contribution >= 0.6 is 0 Å². The second kappa shape index (κ2) is 28.6. The molecule has 9 nitrogen and oxygen atoms in total. The Hall–Kier alpha value is -16.9. The van der Waals surface area contributed by atoms with Crippen LogP contribution in [0, 0.1) is 11.3 Å². The lowest BCUT2D eigenvalue weighted by Gasteiger charge is -2.46. The lowest BCUT2D eigenvalue weighted by Crippen LogP contribution is -2.61. The molecule has 0 spiro atoms. The Morgan fingerprint density at radius 3 is 1.08 bits per heavy atom. The first-order chi connectivity index (χ1) is 65.2. The third-order valence-electron chi connectivity index (χ3n) is 28.5. The molecule has 2 aliphatic heterocycles. The van der Waals surface area contributed by atoms with Crippen molar-refractivity contribution in [2.75, 3.05) is 9.80 Å². The monoisotopic (exact) mass is 1700 g/mol. The summed E-state index contributed by atoms with van der Waals surface area (Å²) in [6.07, 6.45) is 0. The van der Waals surface area contributed by atoms with Gasteiger partial charge in [0.15, 0.2) is 0 Å². The summed E-state index contributed by atoms with van der Waals surface area (Å²) in [6.45, 7) is 13.4. The van der Waals surface area contributed by atoms with E-state index in [4.69, 9.17) is 17.7 Å². The predicted octanol–water partition coefficient (Wildman–Crippen LogP) is 32.0. The molecule has 0 radical (unpaired) electrons. The molecule has 133 heavy (non-hydrogen) atoms. The Labute approximate surface area is 766 Å². The molecule has 626 valence electrons. The van der Waals surface area contributed by atoms with Crippen molar-refractivity contribution < 1.29 is 17.7 Å². The van der Waals surface area contributed by atoms with Crippen LogP contribution in [0.1, 0.15) is 58.2 Å². The van der Waals surface area contributed by atoms with Gasteiger partial charge in [-0.25, -0.2) is 0 Å². The van der Waals surface area contributed by atoms with Gasteiger partial charge < -0.3 is 36.6 Å². The van der Waals surface area contributed by atoms with Crippen LogP contribution in [0.15, 0.2) is 406 Å². The van der Waals surface area contributed by atoms with Crippen LogP contribution in [0.4, 0.5) is 34.1 Å². The first kappa shape index (κ1) is 76.2. The molecule has 0 saturated heterocycles. The quantitative estimate of drug-likeness (QED) is 0.126. The average molecular weight is 1700 g/mol. The summed E-state index contributed by atoms with van der Waals surface area (Å²) in [6, 6.07) is 146. The molecule has 0 aliphatic carbocycles. The molecule has 8 heterocycles. The van der Waals surface area contributed by atoms with Gasteiger partial charge >= 0.3 is 0 Å². The maximum absolute atomic E-state index is 10.9. The Kier molecular flexibility index (Phi) is 16.4. The molecule has 0 amide bonds. The standard InChI is InChI=1S/C123H82BN5O4/c1-122(2,3)77-57-62-102-94(65-77)93-63-72(71-125)51-61-101(93)126(102)79-58-60-98-104(68-79)129(121-95(85-37-25-49-113-117(85)91-33-14-20-45-109(91)132-113)66-78(123(4,5)6)67-96(121)86-38-26-50-114-118(86)92-34-15-21-46-110(92)133-114)106-70-80(127-99-41-16-10-29-81(99)82-30-11-17-42-100(82)127)69-105-119(106)124(98)97-59-56-76(75-54-52-74(53-55-75)73-27-8-7-9-28-73)64-103(97)128(105)120-87(83-35-23-47-111-115(83)89-31-12-18-43-107(89)130-111)39-22-40-88(120)84-36-24-48-112-116(84)90-32-13-19-44-108(90)131-112/h7-70H,1-6H3. The number of benzene rings is 19. The number of hydrogen-bond donors (Lipinski definition) is 0. The number of fused-ring (bicyclic) bond motifs is 22. The number of furan rings is 4. The minimum atomic E-state index is -0.467. The van der Waals surface area contributed by atoms with Gasteiger partial charge in [-0.2, -0.15) is 5.26 Å². The van der Waals surface area contributed by atoms with E-state index < -0.39 is 12.1 Å². The second-order valence-electron chi connectivity index (χ2n) is 38.0. The number of nitrogens with zero attached hydrogens (tertiary/aromatic N) is 5. The highest BCUT2D eigenvalue weighted by molar-refractivity contribution is 7.00. The maximum Gasteiger partial charge on any atom is 0.252 e. The van der Waals surface area contributed by atoms with E-state index >= 15 is 0 Å². The molecule has 0 fully saturated rings. The Morgan fingerprint density at radius 1 is 0.248 bits per heavy atom. The summed E-state index contributed by atoms with van der Waals surface area (Å²) >= 11 is 0. The van der Waals surface area contributed by atoms with E-state index in [1.54, 1.807) is 0 Å². The molecule has 6 aromatic heterocycles. The molecule has 0 saturated carbocycles. The van der Waals surface area contributed by atoms with Crippen molar-refractivity contribution in [2.24, 2.45) is 0 Å². The van der Waals surface area contributed by atoms with E-state index in [0.717, 1.165) is 266 Å². The fourth-order valence-corrected chi connectivity index (χ4v) is 22.4. The molecule has 0 atom stereocenters. The Morgan fingerprint density at radius 2 is 0.602 bits per heavy atom. The maximum atomic E-state index is 10.9. The first-order valence-corrected chi connectivity index (χ1v) is 45.8. The van der Waals surface area contributed by atoms with E-state index in [2.05, 4.69) is 449 Å². The van der Waals surface area contributed by atoms with E-state index in [1.807, 2.05) is 6.07 Å². The largest absolute Gasteiger partial charge is 0.456 e. The van der Waals surface area contributed by atoms with E-state index in [0.29, 0.717) is 5.56 Å². The number of anilines is 6. The predicted molar refractivity (Wildman–Crippen MR) is 553 cm³/mol. The van der Waals surface area contributed by atoms with Crippen molar-refractivity contribution in [1.29, 1.82) is 5.26 Å². The highest BCUT2D eigenvalue weighted by Gasteiger charge is 2.47. The minimum absolute atomic E-state index is 0.182. The Balaban J connectivity index is 0.864. The SMILES string of the molecule is CC(C)(C)c1cc(-c2cccc3oc4ccccc4c23)c(N2c3cc(-n4c5ccc(C#N)cc5c5cc(C(C)(C)C)ccc54)ccc3B3c4ccc(-c5ccc(-c6ccccc6)cc5)cc4N(c4c(-c5cccc6oc7ccccc7c56)cccc4-c4cccc5oc6ccccc6c45)c4cc(-n5c6ccccc6c6ccccc65)cc2c43)c(-c2cccc3oc4ccccc4c23)c1. The van der Waals surface area contributed by atoms with Crippen molar-refractivity contribution in [3.8, 4) is 84.2 Å². The number of rotatable bonds is 10. The second-order valence-corrected chi connectivity index (χ2v) is 38.0. The van der Waals surface area contributed by atoms with Gasteiger partial charge in [-0.3, -0.25) is 0 Å². The number of aromatic nitrogens is 2. The Bertz CT molecular complexity index is 9030. The zero-order chi connectivity index (χ0) is 88.5. The molecule has 25 aromatic rings. The molecule has 27 rings (SSSR count). The van der Waals surface area contributed by atoms with Crippen molar-refractivity contribution in [2.45, 2.75) is 52.4 Å². The summed E-state index contributed by atoms with van der Waals surface area (Å²) in [7, 11) is 0. The lowest BCUT2D eigenvalue weighted by molar-refractivity contribution is 0.590. The van der Waals surface area contributed by atoms with Crippen LogP contribution in [-0.2, 0) is 10.8 Å². The third-order valence-corrected chi connectivity index (χ3v) is 28.5. The minimum Gasteiger partial charge on any atom is -0.456 e. The average Bonchev–Trinajstić information content (AvgIpc) is 1.29. The van der Waals surface area contributed by atoms with Crippen molar-refractivity contribution in [3.05, 3.63) is 405 Å². The molecule has 19 aromatic carbocycles. The van der Waals surface area contributed by atoms with E-state index in [1.165, 1.54) is 5.56 Å². The van der Waals surface area contributed by atoms with Gasteiger partial charge in [0.25, 0.3) is 6.71 Å². The van der Waals surface area contributed by atoms with Gasteiger partial charge in [0, 0.05) is 115 Å². The molecule has 10 heteroatoms. The van der Waals surface area contributed by atoms with Gasteiger partial charge in [-0.15, -0.1) is 0 Å². The highest BCUT2D eigenvalue weighted by Crippen LogP contribution is 2.59. The van der Waals surface area contributed by atoms with Gasteiger partial charge in [-0.1, -0.05) is 296 Å². The molecular formula is C123H82BN5O4. The van der Waals surface area contributed by atoms with Gasteiger partial charge in [0.2, 0.25) is 0 Å². The zero-order valence-electron chi connectivity index (χ0n) is 73.9. The number of hydrogen-bond acceptors (Lipinski definition) is 7. The van der Waals surface area contributed by atoms with Crippen LogP contribution in [-0.4, -0.2) is 15.8 Å². The zero-order valence-corrected chi connectivity index (χ0v) is 73.9. The number of para-hydroxylation sites is 7. The van der Waals surface area contributed by atoms with Crippen LogP contribution in [0.2, 0.25) is 0 Å². The van der Waals surface area contributed by atoms with Gasteiger partial charge in [-0.05, 0) is 216 Å². The fourth-order valence-electron chi connectivity index (χ4n) is 22.4. The van der Waals surface area contributed by atoms with Crippen molar-refractivity contribution in [3.63, 3.8) is 0 Å². The smallest absolute Gasteiger partial charge is 0.252 e. The molecule has 2 aliphatic rings. The molecule has 0 bridgehead atoms. The summed E-state index contributed by atoms with van der Waals surface area (Å²) in [5.74, 6) is 0. The highest BCUT2D eigenvalue weighted by atomic mass is 16.3. The fraction of sp³-hybridized carbons (Fsp3) is 0.0650. The summed E-state index contributed by atoms with van der Waals surface area (Å²) in [5.41, 5.74) is 36.5. The van der Waals surface area contributed by atoms with Crippen LogP contribution in [0.3, 0.4) is 0 Å². The summed E-state index contributed by atoms with van der Waals surface area (Å²) in [4.78, 5) is 5.40. The summed E-state index contributed by atoms with van der Waals surface area (Å²) < 4.78 is 33.2. The lowest BCUT2D eigenvalue weighted by atomic mass is 9.33. The van der Waals surface area contributed by atoms with Gasteiger partial charge in [0.1, 0.15) is 44.7 Å². The molecule has 0 N–H and O–H groups in total. The van der Waals surface area contributed by atoms with E-state index in [9.17, 15) is 5.26 Å². The van der Waals surface area contributed by atoms with E-state index in [-0.39, 0.29) is 5.41 Å². The number of nitriles is 1. The molecular weight excluding hydrogens is 1620 g/mol. The van der Waals surface area contributed by atoms with Crippen molar-refractivity contribution >= 4 is 189 Å². The van der Waals surface area contributed by atoms with Crippen LogP contribution in [0.5, 0.6) is 0 Å². The van der Waals surface area contributed by atoms with Gasteiger partial charge in [0.05, 0.1) is 50.8 Å².